The van der Waals surface area contributed by atoms with Gasteiger partial charge in [0.1, 0.15) is 0 Å². The molecule has 14 heavy (non-hydrogen) atoms. The van der Waals surface area contributed by atoms with Crippen molar-refractivity contribution in [2.24, 2.45) is 5.73 Å². The smallest absolute Gasteiger partial charge is 0.338 e. The van der Waals surface area contributed by atoms with Crippen LogP contribution in [0.3, 0.4) is 0 Å². The van der Waals surface area contributed by atoms with Gasteiger partial charge in [-0.05, 0) is 13.8 Å². The molecule has 0 aliphatic carbocycles. The van der Waals surface area contributed by atoms with Crippen LogP contribution in [0.1, 0.15) is 13.8 Å². The molecule has 1 amide bonds. The normalized spacial score (nSPS) is 29.9. The van der Waals surface area contributed by atoms with E-state index in [1.165, 1.54) is 7.11 Å². The van der Waals surface area contributed by atoms with Gasteiger partial charge < -0.3 is 19.9 Å². The van der Waals surface area contributed by atoms with E-state index in [4.69, 9.17) is 15.2 Å². The summed E-state index contributed by atoms with van der Waals surface area (Å²) in [6.45, 7) is 3.18. The Morgan fingerprint density at radius 1 is 1.29 bits per heavy atom. The van der Waals surface area contributed by atoms with E-state index in [0.717, 1.165) is 0 Å². The number of primary amides is 1. The third-order valence-corrected chi connectivity index (χ3v) is 1.81. The zero-order valence-corrected chi connectivity index (χ0v) is 8.27. The lowest BCUT2D eigenvalue weighted by molar-refractivity contribution is -0.168. The summed E-state index contributed by atoms with van der Waals surface area (Å²) in [5, 5.41) is 0. The molecule has 0 unspecified atom stereocenters. The first-order chi connectivity index (χ1) is 6.37. The average Bonchev–Trinajstić information content (AvgIpc) is 2.40. The van der Waals surface area contributed by atoms with E-state index in [-0.39, 0.29) is 0 Å². The van der Waals surface area contributed by atoms with E-state index in [9.17, 15) is 9.59 Å². The number of esters is 1. The van der Waals surface area contributed by atoms with Crippen molar-refractivity contribution in [2.45, 2.75) is 31.8 Å². The van der Waals surface area contributed by atoms with Gasteiger partial charge in [0.2, 0.25) is 5.91 Å². The molecule has 0 aromatic heterocycles. The standard InChI is InChI=1S/C8H13NO5/c1-8(2)13-4(6(9)10)5(14-8)7(11)12-3/h4-5H,1-3H3,(H2,9,10)/t4-,5-/m1/s1. The summed E-state index contributed by atoms with van der Waals surface area (Å²) >= 11 is 0. The molecule has 6 heteroatoms. The largest absolute Gasteiger partial charge is 0.467 e. The highest BCUT2D eigenvalue weighted by molar-refractivity contribution is 5.88. The van der Waals surface area contributed by atoms with Crippen LogP contribution in [0.5, 0.6) is 0 Å². The van der Waals surface area contributed by atoms with Crippen molar-refractivity contribution in [3.8, 4) is 0 Å². The number of hydrogen-bond acceptors (Lipinski definition) is 5. The lowest BCUT2D eigenvalue weighted by atomic mass is 10.2. The van der Waals surface area contributed by atoms with E-state index in [2.05, 4.69) is 4.74 Å². The molecule has 1 fully saturated rings. The molecule has 0 radical (unpaired) electrons. The van der Waals surface area contributed by atoms with Gasteiger partial charge in [0.15, 0.2) is 18.0 Å². The predicted octanol–water partition coefficient (Wildman–Crippen LogP) is -0.835. The van der Waals surface area contributed by atoms with Crippen molar-refractivity contribution in [1.29, 1.82) is 0 Å². The van der Waals surface area contributed by atoms with Gasteiger partial charge >= 0.3 is 5.97 Å². The number of carbonyl (C=O) groups excluding carboxylic acids is 2. The summed E-state index contributed by atoms with van der Waals surface area (Å²) in [6, 6.07) is 0. The molecular formula is C8H13NO5. The quantitative estimate of drug-likeness (QED) is 0.591. The number of rotatable bonds is 2. The van der Waals surface area contributed by atoms with Crippen LogP contribution in [0.25, 0.3) is 0 Å². The second kappa shape index (κ2) is 3.55. The summed E-state index contributed by atoms with van der Waals surface area (Å²) in [5.41, 5.74) is 5.05. The highest BCUT2D eigenvalue weighted by Crippen LogP contribution is 2.28. The Morgan fingerprint density at radius 2 is 1.79 bits per heavy atom. The Hall–Kier alpha value is -1.14. The van der Waals surface area contributed by atoms with Crippen molar-refractivity contribution < 1.29 is 23.8 Å². The molecule has 80 valence electrons. The van der Waals surface area contributed by atoms with Crippen LogP contribution in [-0.2, 0) is 23.8 Å². The van der Waals surface area contributed by atoms with E-state index in [0.29, 0.717) is 0 Å². The molecule has 1 aliphatic rings. The van der Waals surface area contributed by atoms with Crippen molar-refractivity contribution >= 4 is 11.9 Å². The second-order valence-corrected chi connectivity index (χ2v) is 3.40. The van der Waals surface area contributed by atoms with Gasteiger partial charge in [-0.2, -0.15) is 0 Å². The minimum Gasteiger partial charge on any atom is -0.467 e. The highest BCUT2D eigenvalue weighted by atomic mass is 16.8. The van der Waals surface area contributed by atoms with Gasteiger partial charge in [-0.25, -0.2) is 4.79 Å². The Bertz CT molecular complexity index is 262. The van der Waals surface area contributed by atoms with Crippen LogP contribution < -0.4 is 5.73 Å². The number of carbonyl (C=O) groups is 2. The molecular weight excluding hydrogens is 190 g/mol. The molecule has 0 saturated carbocycles. The topological polar surface area (TPSA) is 87.8 Å². The molecule has 1 rings (SSSR count). The summed E-state index contributed by atoms with van der Waals surface area (Å²) in [5.74, 6) is -2.41. The molecule has 1 heterocycles. The van der Waals surface area contributed by atoms with Crippen molar-refractivity contribution in [1.82, 2.24) is 0 Å². The number of hydrogen-bond donors (Lipinski definition) is 1. The molecule has 1 aliphatic heterocycles. The van der Waals surface area contributed by atoms with Gasteiger partial charge in [-0.15, -0.1) is 0 Å². The highest BCUT2D eigenvalue weighted by Gasteiger charge is 2.48. The monoisotopic (exact) mass is 203 g/mol. The van der Waals surface area contributed by atoms with Crippen molar-refractivity contribution in [2.75, 3.05) is 7.11 Å². The molecule has 2 atom stereocenters. The minimum absolute atomic E-state index is 0.667. The fourth-order valence-electron chi connectivity index (χ4n) is 1.26. The first-order valence-electron chi connectivity index (χ1n) is 4.10. The van der Waals surface area contributed by atoms with Crippen molar-refractivity contribution in [3.05, 3.63) is 0 Å². The molecule has 2 N–H and O–H groups in total. The summed E-state index contributed by atoms with van der Waals surface area (Å²) in [7, 11) is 1.20. The molecule has 0 spiro atoms. The van der Waals surface area contributed by atoms with E-state index in [1.54, 1.807) is 13.8 Å². The summed E-state index contributed by atoms with van der Waals surface area (Å²) < 4.78 is 14.8. The predicted molar refractivity (Wildman–Crippen MR) is 45.0 cm³/mol. The third-order valence-electron chi connectivity index (χ3n) is 1.81. The summed E-state index contributed by atoms with van der Waals surface area (Å²) in [6.07, 6.45) is -2.16. The van der Waals surface area contributed by atoms with Crippen LogP contribution >= 0.6 is 0 Å². The molecule has 6 nitrogen and oxygen atoms in total. The average molecular weight is 203 g/mol. The number of ether oxygens (including phenoxy) is 3. The summed E-state index contributed by atoms with van der Waals surface area (Å²) in [4.78, 5) is 22.1. The molecule has 0 aromatic rings. The maximum absolute atomic E-state index is 11.2. The van der Waals surface area contributed by atoms with Crippen LogP contribution in [-0.4, -0.2) is 37.0 Å². The van der Waals surface area contributed by atoms with Gasteiger partial charge in [-0.3, -0.25) is 4.79 Å². The number of amides is 1. The first-order valence-corrected chi connectivity index (χ1v) is 4.10. The van der Waals surface area contributed by atoms with E-state index in [1.807, 2.05) is 0 Å². The fraction of sp³-hybridized carbons (Fsp3) is 0.750. The second-order valence-electron chi connectivity index (χ2n) is 3.40. The fourth-order valence-corrected chi connectivity index (χ4v) is 1.26. The Morgan fingerprint density at radius 3 is 2.21 bits per heavy atom. The van der Waals surface area contributed by atoms with Crippen molar-refractivity contribution in [3.63, 3.8) is 0 Å². The van der Waals surface area contributed by atoms with E-state index >= 15 is 0 Å². The third kappa shape index (κ3) is 2.02. The van der Waals surface area contributed by atoms with Gasteiger partial charge in [-0.1, -0.05) is 0 Å². The first kappa shape index (κ1) is 10.9. The zero-order valence-electron chi connectivity index (χ0n) is 8.27. The zero-order chi connectivity index (χ0) is 10.9. The Labute approximate surface area is 81.3 Å². The Kier molecular flexibility index (Phi) is 2.77. The van der Waals surface area contributed by atoms with Gasteiger partial charge in [0.05, 0.1) is 7.11 Å². The van der Waals surface area contributed by atoms with Gasteiger partial charge in [0.25, 0.3) is 0 Å². The maximum atomic E-state index is 11.2. The lowest BCUT2D eigenvalue weighted by Gasteiger charge is -2.15. The number of nitrogens with two attached hydrogens (primary N) is 1. The molecule has 0 aromatic carbocycles. The SMILES string of the molecule is COC(=O)[C@@H]1OC(C)(C)O[C@H]1C(N)=O. The van der Waals surface area contributed by atoms with E-state index < -0.39 is 29.9 Å². The molecule has 1 saturated heterocycles. The van der Waals surface area contributed by atoms with Crippen LogP contribution in [0.15, 0.2) is 0 Å². The molecule has 0 bridgehead atoms. The van der Waals surface area contributed by atoms with Gasteiger partial charge in [0, 0.05) is 0 Å². The van der Waals surface area contributed by atoms with Crippen LogP contribution in [0.2, 0.25) is 0 Å². The number of methoxy groups -OCH3 is 1. The Balaban J connectivity index is 2.83. The lowest BCUT2D eigenvalue weighted by Crippen LogP contribution is -2.41. The van der Waals surface area contributed by atoms with Crippen LogP contribution in [0, 0.1) is 0 Å². The minimum atomic E-state index is -1.09. The maximum Gasteiger partial charge on any atom is 0.338 e. The van der Waals surface area contributed by atoms with Crippen LogP contribution in [0.4, 0.5) is 0 Å².